The van der Waals surface area contributed by atoms with E-state index in [0.29, 0.717) is 36.0 Å². The molecule has 0 atom stereocenters. The highest BCUT2D eigenvalue weighted by molar-refractivity contribution is 9.10. The topological polar surface area (TPSA) is 111 Å². The molecule has 2 heterocycles. The predicted octanol–water partition coefficient (Wildman–Crippen LogP) is 1.07. The van der Waals surface area contributed by atoms with Gasteiger partial charge in [-0.15, -0.1) is 0 Å². The fourth-order valence-corrected chi connectivity index (χ4v) is 3.64. The number of hydrogen-bond acceptors (Lipinski definition) is 5. The first-order chi connectivity index (χ1) is 12.9. The molecule has 3 rings (SSSR count). The summed E-state index contributed by atoms with van der Waals surface area (Å²) in [5.74, 6) is -1.58. The number of carbonyl (C=O) groups excluding carboxylic acids is 4. The van der Waals surface area contributed by atoms with Crippen molar-refractivity contribution in [2.24, 2.45) is 0 Å². The lowest BCUT2D eigenvalue weighted by Gasteiger charge is -2.32. The third-order valence-corrected chi connectivity index (χ3v) is 5.17. The van der Waals surface area contributed by atoms with Crippen molar-refractivity contribution in [3.8, 4) is 6.07 Å². The Bertz CT molecular complexity index is 855. The van der Waals surface area contributed by atoms with E-state index in [-0.39, 0.29) is 30.5 Å². The number of carbonyl (C=O) groups is 4. The van der Waals surface area contributed by atoms with Crippen LogP contribution in [0.3, 0.4) is 0 Å². The summed E-state index contributed by atoms with van der Waals surface area (Å²) < 4.78 is 0.686. The molecule has 140 valence electrons. The Hall–Kier alpha value is -2.73. The van der Waals surface area contributed by atoms with Crippen LogP contribution >= 0.6 is 15.9 Å². The molecule has 0 aliphatic carbocycles. The summed E-state index contributed by atoms with van der Waals surface area (Å²) >= 11 is 3.27. The van der Waals surface area contributed by atoms with Gasteiger partial charge in [-0.3, -0.25) is 24.1 Å². The largest absolute Gasteiger partial charge is 0.352 e. The molecule has 1 aromatic carbocycles. The smallest absolute Gasteiger partial charge is 0.262 e. The molecule has 9 heteroatoms. The van der Waals surface area contributed by atoms with Crippen LogP contribution in [0.5, 0.6) is 0 Å². The maximum Gasteiger partial charge on any atom is 0.262 e. The van der Waals surface area contributed by atoms with E-state index >= 15 is 0 Å². The molecule has 8 nitrogen and oxygen atoms in total. The minimum Gasteiger partial charge on any atom is -0.352 e. The minimum absolute atomic E-state index is 0.132. The number of rotatable bonds is 4. The number of halogens is 1. The molecular formula is C18H17BrN4O4. The minimum atomic E-state index is -0.483. The van der Waals surface area contributed by atoms with Gasteiger partial charge in [-0.05, 0) is 31.0 Å². The van der Waals surface area contributed by atoms with Gasteiger partial charge in [0.25, 0.3) is 11.8 Å². The Balaban J connectivity index is 1.54. The first-order valence-electron chi connectivity index (χ1n) is 8.50. The maximum absolute atomic E-state index is 12.4. The van der Waals surface area contributed by atoms with Gasteiger partial charge in [0.1, 0.15) is 13.0 Å². The van der Waals surface area contributed by atoms with Crippen molar-refractivity contribution in [3.63, 3.8) is 0 Å². The highest BCUT2D eigenvalue weighted by atomic mass is 79.9. The summed E-state index contributed by atoms with van der Waals surface area (Å²) in [7, 11) is 0. The lowest BCUT2D eigenvalue weighted by molar-refractivity contribution is -0.131. The lowest BCUT2D eigenvalue weighted by Crippen LogP contribution is -2.49. The van der Waals surface area contributed by atoms with Crippen LogP contribution in [0, 0.1) is 11.3 Å². The van der Waals surface area contributed by atoms with Crippen molar-refractivity contribution in [1.29, 1.82) is 5.26 Å². The van der Waals surface area contributed by atoms with Crippen molar-refractivity contribution >= 4 is 39.6 Å². The molecule has 0 aromatic heterocycles. The molecule has 1 N–H and O–H groups in total. The van der Waals surface area contributed by atoms with Crippen LogP contribution in [-0.2, 0) is 9.59 Å². The van der Waals surface area contributed by atoms with Gasteiger partial charge in [-0.2, -0.15) is 5.26 Å². The number of nitrogens with zero attached hydrogens (tertiary/aromatic N) is 3. The number of benzene rings is 1. The van der Waals surface area contributed by atoms with Gasteiger partial charge in [-0.1, -0.05) is 15.9 Å². The van der Waals surface area contributed by atoms with E-state index in [0.717, 1.165) is 4.90 Å². The van der Waals surface area contributed by atoms with Crippen LogP contribution in [-0.4, -0.2) is 59.1 Å². The number of likely N-dealkylation sites (tertiary alicyclic amines) is 1. The van der Waals surface area contributed by atoms with Crippen LogP contribution in [0.2, 0.25) is 0 Å². The van der Waals surface area contributed by atoms with Gasteiger partial charge in [0.05, 0.1) is 17.2 Å². The Morgan fingerprint density at radius 1 is 1.19 bits per heavy atom. The third-order valence-electron chi connectivity index (χ3n) is 4.68. The fourth-order valence-electron chi connectivity index (χ4n) is 3.28. The molecule has 27 heavy (non-hydrogen) atoms. The number of amides is 4. The zero-order valence-electron chi connectivity index (χ0n) is 14.4. The van der Waals surface area contributed by atoms with Gasteiger partial charge >= 0.3 is 0 Å². The Morgan fingerprint density at radius 2 is 1.85 bits per heavy atom. The predicted molar refractivity (Wildman–Crippen MR) is 97.5 cm³/mol. The highest BCUT2D eigenvalue weighted by Crippen LogP contribution is 2.25. The van der Waals surface area contributed by atoms with Gasteiger partial charge in [0.2, 0.25) is 11.8 Å². The molecule has 2 aliphatic heterocycles. The standard InChI is InChI=1S/C18H17BrN4O4/c19-11-1-2-13-14(9-11)18(27)23(17(13)26)10-15(24)21-12-4-7-22(8-5-12)16(25)3-6-20/h1-2,9,12H,3-5,7-8,10H2,(H,21,24). The van der Waals surface area contributed by atoms with E-state index in [1.807, 2.05) is 6.07 Å². The van der Waals surface area contributed by atoms with Gasteiger partial charge in [0, 0.05) is 23.6 Å². The van der Waals surface area contributed by atoms with Crippen LogP contribution in [0.15, 0.2) is 22.7 Å². The summed E-state index contributed by atoms with van der Waals surface area (Å²) in [4.78, 5) is 51.3. The number of nitrogens with one attached hydrogen (secondary N) is 1. The average Bonchev–Trinajstić information content (AvgIpc) is 2.87. The van der Waals surface area contributed by atoms with E-state index in [4.69, 9.17) is 5.26 Å². The first kappa shape index (κ1) is 19.0. The summed E-state index contributed by atoms with van der Waals surface area (Å²) in [6.07, 6.45) is 0.989. The molecule has 0 bridgehead atoms. The molecule has 1 saturated heterocycles. The van der Waals surface area contributed by atoms with E-state index in [2.05, 4.69) is 21.2 Å². The fraction of sp³-hybridized carbons (Fsp3) is 0.389. The third kappa shape index (κ3) is 4.01. The average molecular weight is 433 g/mol. The first-order valence-corrected chi connectivity index (χ1v) is 9.30. The Labute approximate surface area is 164 Å². The van der Waals surface area contributed by atoms with E-state index in [9.17, 15) is 19.2 Å². The number of hydrogen-bond donors (Lipinski definition) is 1. The van der Waals surface area contributed by atoms with E-state index < -0.39 is 17.7 Å². The zero-order chi connectivity index (χ0) is 19.6. The molecular weight excluding hydrogens is 416 g/mol. The zero-order valence-corrected chi connectivity index (χ0v) is 16.0. The van der Waals surface area contributed by atoms with E-state index in [1.54, 1.807) is 23.1 Å². The van der Waals surface area contributed by atoms with Crippen molar-refractivity contribution in [2.45, 2.75) is 25.3 Å². The van der Waals surface area contributed by atoms with Gasteiger partial charge in [0.15, 0.2) is 0 Å². The van der Waals surface area contributed by atoms with Crippen LogP contribution in [0.25, 0.3) is 0 Å². The monoisotopic (exact) mass is 432 g/mol. The molecule has 1 fully saturated rings. The number of nitriles is 1. The normalized spacial score (nSPS) is 16.9. The molecule has 4 amide bonds. The molecule has 0 spiro atoms. The second-order valence-electron chi connectivity index (χ2n) is 6.44. The molecule has 1 aromatic rings. The van der Waals surface area contributed by atoms with E-state index in [1.165, 1.54) is 0 Å². The summed E-state index contributed by atoms with van der Waals surface area (Å²) in [5, 5.41) is 11.4. The van der Waals surface area contributed by atoms with Gasteiger partial charge in [-0.25, -0.2) is 0 Å². The summed E-state index contributed by atoms with van der Waals surface area (Å²) in [6.45, 7) is 0.594. The molecule has 0 saturated carbocycles. The Morgan fingerprint density at radius 3 is 2.52 bits per heavy atom. The second kappa shape index (κ2) is 7.88. The van der Waals surface area contributed by atoms with Crippen LogP contribution < -0.4 is 5.32 Å². The molecule has 0 radical (unpaired) electrons. The molecule has 2 aliphatic rings. The van der Waals surface area contributed by atoms with Crippen LogP contribution in [0.4, 0.5) is 0 Å². The van der Waals surface area contributed by atoms with Crippen LogP contribution in [0.1, 0.15) is 40.0 Å². The SMILES string of the molecule is N#CCC(=O)N1CCC(NC(=O)CN2C(=O)c3ccc(Br)cc3C2=O)CC1. The van der Waals surface area contributed by atoms with Gasteiger partial charge < -0.3 is 10.2 Å². The van der Waals surface area contributed by atoms with Crippen molar-refractivity contribution < 1.29 is 19.2 Å². The highest BCUT2D eigenvalue weighted by Gasteiger charge is 2.37. The number of piperidine rings is 1. The summed E-state index contributed by atoms with van der Waals surface area (Å²) in [6, 6.07) is 6.51. The quantitative estimate of drug-likeness (QED) is 0.715. The number of imide groups is 1. The molecule has 0 unspecified atom stereocenters. The Kier molecular flexibility index (Phi) is 5.56. The summed E-state index contributed by atoms with van der Waals surface area (Å²) in [5.41, 5.74) is 0.576. The van der Waals surface area contributed by atoms with Crippen molar-refractivity contribution in [3.05, 3.63) is 33.8 Å². The lowest BCUT2D eigenvalue weighted by atomic mass is 10.0. The maximum atomic E-state index is 12.4. The van der Waals surface area contributed by atoms with Crippen molar-refractivity contribution in [1.82, 2.24) is 15.1 Å². The second-order valence-corrected chi connectivity index (χ2v) is 7.36. The number of fused-ring (bicyclic) bond motifs is 1. The van der Waals surface area contributed by atoms with Crippen molar-refractivity contribution in [2.75, 3.05) is 19.6 Å².